The zero-order valence-electron chi connectivity index (χ0n) is 13.8. The second-order valence-corrected chi connectivity index (χ2v) is 6.11. The van der Waals surface area contributed by atoms with Crippen molar-refractivity contribution < 1.29 is 9.21 Å². The fraction of sp³-hybridized carbons (Fsp3) is 0.444. The lowest BCUT2D eigenvalue weighted by Gasteiger charge is -2.21. The molecule has 1 aliphatic heterocycles. The minimum Gasteiger partial charge on any atom is -0.466 e. The summed E-state index contributed by atoms with van der Waals surface area (Å²) in [4.78, 5) is 21.2. The van der Waals surface area contributed by atoms with Gasteiger partial charge in [0.25, 0.3) is 5.91 Å². The van der Waals surface area contributed by atoms with Crippen LogP contribution in [0.5, 0.6) is 0 Å². The van der Waals surface area contributed by atoms with Gasteiger partial charge in [0.15, 0.2) is 0 Å². The number of amides is 1. The van der Waals surface area contributed by atoms with E-state index in [1.54, 1.807) is 6.20 Å². The first-order chi connectivity index (χ1) is 11.1. The summed E-state index contributed by atoms with van der Waals surface area (Å²) in [6.07, 6.45) is 4.69. The van der Waals surface area contributed by atoms with Gasteiger partial charge in [0.1, 0.15) is 11.5 Å². The van der Waals surface area contributed by atoms with Crippen LogP contribution in [0.15, 0.2) is 35.0 Å². The van der Waals surface area contributed by atoms with Crippen molar-refractivity contribution >= 4 is 5.91 Å². The smallest absolute Gasteiger partial charge is 0.257 e. The fourth-order valence-corrected chi connectivity index (χ4v) is 3.10. The predicted octanol–water partition coefficient (Wildman–Crippen LogP) is 2.64. The molecule has 1 amide bonds. The van der Waals surface area contributed by atoms with Crippen LogP contribution in [0.25, 0.3) is 0 Å². The van der Waals surface area contributed by atoms with Crippen molar-refractivity contribution in [3.05, 3.63) is 53.2 Å². The maximum Gasteiger partial charge on any atom is 0.257 e. The van der Waals surface area contributed by atoms with E-state index in [4.69, 9.17) is 4.42 Å². The number of furan rings is 1. The molecule has 1 fully saturated rings. The van der Waals surface area contributed by atoms with Gasteiger partial charge in [-0.25, -0.2) is 0 Å². The molecule has 23 heavy (non-hydrogen) atoms. The highest BCUT2D eigenvalue weighted by Crippen LogP contribution is 2.17. The fourth-order valence-electron chi connectivity index (χ4n) is 3.10. The molecule has 3 heterocycles. The van der Waals surface area contributed by atoms with Crippen molar-refractivity contribution in [2.24, 2.45) is 0 Å². The number of rotatable bonds is 3. The van der Waals surface area contributed by atoms with E-state index in [0.29, 0.717) is 11.3 Å². The molecule has 0 unspecified atom stereocenters. The maximum atomic E-state index is 12.7. The molecule has 0 spiro atoms. The Hall–Kier alpha value is -2.14. The molecule has 0 N–H and O–H groups in total. The summed E-state index contributed by atoms with van der Waals surface area (Å²) < 4.78 is 5.49. The largest absolute Gasteiger partial charge is 0.466 e. The van der Waals surface area contributed by atoms with Crippen LogP contribution < -0.4 is 0 Å². The average molecular weight is 313 g/mol. The van der Waals surface area contributed by atoms with Gasteiger partial charge in [-0.15, -0.1) is 0 Å². The third kappa shape index (κ3) is 3.79. The topological polar surface area (TPSA) is 49.6 Å². The van der Waals surface area contributed by atoms with Crippen molar-refractivity contribution in [2.75, 3.05) is 26.2 Å². The van der Waals surface area contributed by atoms with Crippen LogP contribution in [0.3, 0.4) is 0 Å². The third-order valence-electron chi connectivity index (χ3n) is 4.28. The Morgan fingerprint density at radius 3 is 2.83 bits per heavy atom. The highest BCUT2D eigenvalue weighted by atomic mass is 16.3. The SMILES string of the molecule is Cc1cc(C(=O)N2CCCN(Cc3cccnc3)CC2)c(C)o1. The average Bonchev–Trinajstić information content (AvgIpc) is 2.74. The van der Waals surface area contributed by atoms with Crippen molar-refractivity contribution in [3.63, 3.8) is 0 Å². The first kappa shape index (κ1) is 15.7. The minimum absolute atomic E-state index is 0.0857. The van der Waals surface area contributed by atoms with Crippen molar-refractivity contribution in [1.29, 1.82) is 0 Å². The predicted molar refractivity (Wildman–Crippen MR) is 88.2 cm³/mol. The standard InChI is InChI=1S/C18H23N3O2/c1-14-11-17(15(2)23-14)18(22)21-8-4-7-20(9-10-21)13-16-5-3-6-19-12-16/h3,5-6,11-12H,4,7-10,13H2,1-2H3. The molecule has 1 saturated heterocycles. The third-order valence-corrected chi connectivity index (χ3v) is 4.28. The number of hydrogen-bond acceptors (Lipinski definition) is 4. The Balaban J connectivity index is 1.62. The Labute approximate surface area is 136 Å². The van der Waals surface area contributed by atoms with E-state index in [1.165, 1.54) is 5.56 Å². The molecule has 2 aromatic heterocycles. The summed E-state index contributed by atoms with van der Waals surface area (Å²) >= 11 is 0. The van der Waals surface area contributed by atoms with Gasteiger partial charge in [-0.3, -0.25) is 14.7 Å². The van der Waals surface area contributed by atoms with Gasteiger partial charge in [-0.05, 0) is 38.0 Å². The van der Waals surface area contributed by atoms with Crippen LogP contribution in [0.2, 0.25) is 0 Å². The van der Waals surface area contributed by atoms with Crippen molar-refractivity contribution in [3.8, 4) is 0 Å². The van der Waals surface area contributed by atoms with Crippen LogP contribution in [0, 0.1) is 13.8 Å². The van der Waals surface area contributed by atoms with Crippen molar-refractivity contribution in [1.82, 2.24) is 14.8 Å². The summed E-state index contributed by atoms with van der Waals surface area (Å²) in [6.45, 7) is 8.06. The van der Waals surface area contributed by atoms with E-state index < -0.39 is 0 Å². The lowest BCUT2D eigenvalue weighted by Crippen LogP contribution is -2.35. The van der Waals surface area contributed by atoms with Gasteiger partial charge in [0.2, 0.25) is 0 Å². The van der Waals surface area contributed by atoms with Gasteiger partial charge in [-0.2, -0.15) is 0 Å². The molecule has 3 rings (SSSR count). The molecule has 5 heteroatoms. The molecule has 0 aliphatic carbocycles. The summed E-state index contributed by atoms with van der Waals surface area (Å²) in [6, 6.07) is 5.90. The van der Waals surface area contributed by atoms with Crippen LogP contribution in [-0.2, 0) is 6.54 Å². The normalized spacial score (nSPS) is 16.3. The summed E-state index contributed by atoms with van der Waals surface area (Å²) in [7, 11) is 0. The first-order valence-electron chi connectivity index (χ1n) is 8.11. The Bertz CT molecular complexity index is 666. The van der Waals surface area contributed by atoms with Gasteiger partial charge in [-0.1, -0.05) is 6.07 Å². The van der Waals surface area contributed by atoms with Gasteiger partial charge >= 0.3 is 0 Å². The Morgan fingerprint density at radius 2 is 2.13 bits per heavy atom. The highest BCUT2D eigenvalue weighted by Gasteiger charge is 2.23. The lowest BCUT2D eigenvalue weighted by molar-refractivity contribution is 0.0759. The monoisotopic (exact) mass is 313 g/mol. The molecule has 0 saturated carbocycles. The lowest BCUT2D eigenvalue weighted by atomic mass is 10.2. The second-order valence-electron chi connectivity index (χ2n) is 6.11. The number of hydrogen-bond donors (Lipinski definition) is 0. The summed E-state index contributed by atoms with van der Waals surface area (Å²) in [5.41, 5.74) is 1.91. The van der Waals surface area contributed by atoms with Gasteiger partial charge in [0, 0.05) is 45.1 Å². The zero-order chi connectivity index (χ0) is 16.2. The van der Waals surface area contributed by atoms with Gasteiger partial charge in [0.05, 0.1) is 5.56 Å². The van der Waals surface area contributed by atoms with Crippen LogP contribution in [0.4, 0.5) is 0 Å². The molecular weight excluding hydrogens is 290 g/mol. The zero-order valence-corrected chi connectivity index (χ0v) is 13.8. The van der Waals surface area contributed by atoms with E-state index in [1.807, 2.05) is 37.1 Å². The molecule has 1 aliphatic rings. The summed E-state index contributed by atoms with van der Waals surface area (Å²) in [5, 5.41) is 0. The number of aromatic nitrogens is 1. The number of carbonyl (C=O) groups is 1. The minimum atomic E-state index is 0.0857. The van der Waals surface area contributed by atoms with Crippen molar-refractivity contribution in [2.45, 2.75) is 26.8 Å². The van der Waals surface area contributed by atoms with Crippen LogP contribution in [0.1, 0.15) is 33.9 Å². The molecule has 0 radical (unpaired) electrons. The number of nitrogens with zero attached hydrogens (tertiary/aromatic N) is 3. The van der Waals surface area contributed by atoms with E-state index in [0.717, 1.165) is 44.9 Å². The molecule has 0 bridgehead atoms. The first-order valence-corrected chi connectivity index (χ1v) is 8.11. The van der Waals surface area contributed by atoms with Gasteiger partial charge < -0.3 is 9.32 Å². The quantitative estimate of drug-likeness (QED) is 0.874. The molecule has 2 aromatic rings. The Kier molecular flexibility index (Phi) is 4.76. The number of carbonyl (C=O) groups excluding carboxylic acids is 1. The maximum absolute atomic E-state index is 12.7. The van der Waals surface area contributed by atoms with Crippen LogP contribution in [-0.4, -0.2) is 46.9 Å². The summed E-state index contributed by atoms with van der Waals surface area (Å²) in [5.74, 6) is 1.59. The number of pyridine rings is 1. The Morgan fingerprint density at radius 1 is 1.26 bits per heavy atom. The van der Waals surface area contributed by atoms with E-state index in [9.17, 15) is 4.79 Å². The molecule has 0 aromatic carbocycles. The van der Waals surface area contributed by atoms with E-state index in [-0.39, 0.29) is 5.91 Å². The number of aryl methyl sites for hydroxylation is 2. The molecule has 122 valence electrons. The molecular formula is C18H23N3O2. The second kappa shape index (κ2) is 6.96. The van der Waals surface area contributed by atoms with E-state index >= 15 is 0 Å². The van der Waals surface area contributed by atoms with E-state index in [2.05, 4.69) is 16.0 Å². The molecule has 5 nitrogen and oxygen atoms in total. The van der Waals surface area contributed by atoms with Crippen LogP contribution >= 0.6 is 0 Å². The molecule has 0 atom stereocenters. The highest BCUT2D eigenvalue weighted by molar-refractivity contribution is 5.95.